The molecule has 2 rings (SSSR count). The van der Waals surface area contributed by atoms with Crippen LogP contribution in [-0.4, -0.2) is 10.9 Å². The van der Waals surface area contributed by atoms with E-state index in [4.69, 9.17) is 0 Å². The molecule has 1 aromatic heterocycles. The van der Waals surface area contributed by atoms with Gasteiger partial charge >= 0.3 is 0 Å². The zero-order valence-electron chi connectivity index (χ0n) is 9.79. The summed E-state index contributed by atoms with van der Waals surface area (Å²) in [4.78, 5) is 15.4. The standard InChI is InChI=1S/C10H12N2O.C2H6.H2/c1-6(2)8-4-3-7-5-9(13)12-10(7)11-8;1-2;/h3-4,6H,5H2,1-2H3,(H,11,12,13);1-2H3;1H. The van der Waals surface area contributed by atoms with E-state index < -0.39 is 0 Å². The Kier molecular flexibility index (Phi) is 3.83. The summed E-state index contributed by atoms with van der Waals surface area (Å²) in [6.45, 7) is 8.18. The van der Waals surface area contributed by atoms with E-state index in [1.54, 1.807) is 0 Å². The van der Waals surface area contributed by atoms with Crippen molar-refractivity contribution in [2.75, 3.05) is 5.32 Å². The number of pyridine rings is 1. The summed E-state index contributed by atoms with van der Waals surface area (Å²) >= 11 is 0. The Hall–Kier alpha value is -1.38. The van der Waals surface area contributed by atoms with E-state index in [1.165, 1.54) is 0 Å². The molecule has 3 nitrogen and oxygen atoms in total. The molecule has 0 saturated carbocycles. The van der Waals surface area contributed by atoms with E-state index in [0.717, 1.165) is 17.1 Å². The largest absolute Gasteiger partial charge is 0.310 e. The molecule has 2 heterocycles. The third-order valence-electron chi connectivity index (χ3n) is 2.20. The maximum Gasteiger partial charge on any atom is 0.230 e. The van der Waals surface area contributed by atoms with Crippen LogP contribution in [0.3, 0.4) is 0 Å². The smallest absolute Gasteiger partial charge is 0.230 e. The molecule has 0 radical (unpaired) electrons. The number of hydrogen-bond acceptors (Lipinski definition) is 2. The summed E-state index contributed by atoms with van der Waals surface area (Å²) in [6, 6.07) is 3.97. The van der Waals surface area contributed by atoms with Crippen molar-refractivity contribution in [1.29, 1.82) is 0 Å². The van der Waals surface area contributed by atoms with Gasteiger partial charge in [-0.25, -0.2) is 4.98 Å². The van der Waals surface area contributed by atoms with Gasteiger partial charge in [-0.3, -0.25) is 4.79 Å². The molecule has 15 heavy (non-hydrogen) atoms. The van der Waals surface area contributed by atoms with E-state index in [1.807, 2.05) is 26.0 Å². The lowest BCUT2D eigenvalue weighted by atomic mass is 10.1. The Morgan fingerprint density at radius 1 is 1.40 bits per heavy atom. The van der Waals surface area contributed by atoms with E-state index in [-0.39, 0.29) is 7.33 Å². The van der Waals surface area contributed by atoms with Gasteiger partial charge in [-0.1, -0.05) is 33.8 Å². The molecule has 0 aliphatic carbocycles. The van der Waals surface area contributed by atoms with Crippen LogP contribution >= 0.6 is 0 Å². The third-order valence-corrected chi connectivity index (χ3v) is 2.20. The van der Waals surface area contributed by atoms with Crippen LogP contribution in [0, 0.1) is 0 Å². The lowest BCUT2D eigenvalue weighted by Crippen LogP contribution is -2.05. The number of hydrogen-bond donors (Lipinski definition) is 1. The van der Waals surface area contributed by atoms with Crippen molar-refractivity contribution in [2.45, 2.75) is 40.0 Å². The first-order valence-corrected chi connectivity index (χ1v) is 5.46. The molecule has 0 bridgehead atoms. The fourth-order valence-electron chi connectivity index (χ4n) is 1.42. The number of nitrogens with one attached hydrogen (secondary N) is 1. The average Bonchev–Trinajstić information content (AvgIpc) is 2.59. The average molecular weight is 208 g/mol. The minimum atomic E-state index is 0. The molecule has 0 saturated heterocycles. The van der Waals surface area contributed by atoms with Crippen LogP contribution in [0.2, 0.25) is 0 Å². The van der Waals surface area contributed by atoms with Crippen LogP contribution in [0.1, 0.15) is 46.3 Å². The van der Waals surface area contributed by atoms with Crippen LogP contribution in [0.25, 0.3) is 0 Å². The molecule has 0 fully saturated rings. The Bertz CT molecular complexity index is 364. The van der Waals surface area contributed by atoms with Crippen LogP contribution < -0.4 is 5.32 Å². The molecule has 0 spiro atoms. The van der Waals surface area contributed by atoms with Gasteiger partial charge in [0.2, 0.25) is 5.91 Å². The predicted octanol–water partition coefficient (Wildman–Crippen LogP) is 2.97. The number of amides is 1. The predicted molar refractivity (Wildman–Crippen MR) is 64.1 cm³/mol. The fraction of sp³-hybridized carbons (Fsp3) is 0.500. The Labute approximate surface area is 92.4 Å². The molecular formula is C12H20N2O. The lowest BCUT2D eigenvalue weighted by Gasteiger charge is -2.05. The minimum Gasteiger partial charge on any atom is -0.310 e. The van der Waals surface area contributed by atoms with Crippen LogP contribution in [-0.2, 0) is 11.2 Å². The van der Waals surface area contributed by atoms with Gasteiger partial charge in [0.05, 0.1) is 6.42 Å². The van der Waals surface area contributed by atoms with Crippen molar-refractivity contribution in [3.05, 3.63) is 23.4 Å². The van der Waals surface area contributed by atoms with Gasteiger partial charge in [0.1, 0.15) is 5.82 Å². The van der Waals surface area contributed by atoms with E-state index >= 15 is 0 Å². The molecule has 0 unspecified atom stereocenters. The van der Waals surface area contributed by atoms with E-state index in [0.29, 0.717) is 12.3 Å². The summed E-state index contributed by atoms with van der Waals surface area (Å²) in [5, 5.41) is 2.74. The van der Waals surface area contributed by atoms with Crippen molar-refractivity contribution in [3.8, 4) is 0 Å². The van der Waals surface area contributed by atoms with Crippen molar-refractivity contribution in [1.82, 2.24) is 4.98 Å². The molecule has 3 heteroatoms. The van der Waals surface area contributed by atoms with Crippen molar-refractivity contribution in [2.24, 2.45) is 0 Å². The third kappa shape index (κ3) is 2.55. The maximum absolute atomic E-state index is 11.0. The highest BCUT2D eigenvalue weighted by Crippen LogP contribution is 2.23. The molecular weight excluding hydrogens is 188 g/mol. The summed E-state index contributed by atoms with van der Waals surface area (Å²) in [6.07, 6.45) is 0.473. The van der Waals surface area contributed by atoms with Gasteiger partial charge in [-0.15, -0.1) is 0 Å². The summed E-state index contributed by atoms with van der Waals surface area (Å²) in [5.41, 5.74) is 2.04. The molecule has 1 N–H and O–H groups in total. The number of nitrogens with zero attached hydrogens (tertiary/aromatic N) is 1. The number of carbonyl (C=O) groups is 1. The van der Waals surface area contributed by atoms with Crippen molar-refractivity contribution < 1.29 is 6.22 Å². The number of anilines is 1. The highest BCUT2D eigenvalue weighted by Gasteiger charge is 2.19. The van der Waals surface area contributed by atoms with Crippen molar-refractivity contribution >= 4 is 11.7 Å². The Morgan fingerprint density at radius 2 is 2.07 bits per heavy atom. The molecule has 1 aliphatic rings. The molecule has 0 atom stereocenters. The van der Waals surface area contributed by atoms with E-state index in [9.17, 15) is 4.79 Å². The summed E-state index contributed by atoms with van der Waals surface area (Å²) < 4.78 is 0. The molecule has 0 aromatic carbocycles. The first-order valence-electron chi connectivity index (χ1n) is 5.46. The van der Waals surface area contributed by atoms with Crippen LogP contribution in [0.5, 0.6) is 0 Å². The SMILES string of the molecule is CC.CC(C)c1ccc2c(n1)NC(=O)C2.[HH]. The van der Waals surface area contributed by atoms with Crippen molar-refractivity contribution in [3.63, 3.8) is 0 Å². The van der Waals surface area contributed by atoms with Gasteiger partial charge < -0.3 is 5.32 Å². The summed E-state index contributed by atoms with van der Waals surface area (Å²) in [5.74, 6) is 1.20. The van der Waals surface area contributed by atoms with Crippen LogP contribution in [0.4, 0.5) is 5.82 Å². The zero-order valence-corrected chi connectivity index (χ0v) is 9.79. The minimum absolute atomic E-state index is 0. The first kappa shape index (κ1) is 11.7. The van der Waals surface area contributed by atoms with Gasteiger partial charge in [-0.05, 0) is 12.0 Å². The zero-order chi connectivity index (χ0) is 11.4. The number of fused-ring (bicyclic) bond motifs is 1. The number of aromatic nitrogens is 1. The van der Waals surface area contributed by atoms with Gasteiger partial charge in [-0.2, -0.15) is 0 Å². The highest BCUT2D eigenvalue weighted by atomic mass is 16.1. The Morgan fingerprint density at radius 3 is 2.67 bits per heavy atom. The van der Waals surface area contributed by atoms with Gasteiger partial charge in [0.15, 0.2) is 0 Å². The van der Waals surface area contributed by atoms with E-state index in [2.05, 4.69) is 24.1 Å². The van der Waals surface area contributed by atoms with Gasteiger partial charge in [0, 0.05) is 12.7 Å². The molecule has 1 aromatic rings. The Balaban J connectivity index is 0.000000711. The second-order valence-corrected chi connectivity index (χ2v) is 3.62. The first-order chi connectivity index (χ1) is 7.16. The molecule has 1 amide bonds. The number of rotatable bonds is 1. The van der Waals surface area contributed by atoms with Crippen LogP contribution in [0.15, 0.2) is 12.1 Å². The lowest BCUT2D eigenvalue weighted by molar-refractivity contribution is -0.115. The fourth-order valence-corrected chi connectivity index (χ4v) is 1.42. The second kappa shape index (κ2) is 4.91. The second-order valence-electron chi connectivity index (χ2n) is 3.62. The summed E-state index contributed by atoms with van der Waals surface area (Å²) in [7, 11) is 0. The van der Waals surface area contributed by atoms with Gasteiger partial charge in [0.25, 0.3) is 0 Å². The molecule has 1 aliphatic heterocycles. The highest BCUT2D eigenvalue weighted by molar-refractivity contribution is 5.97. The maximum atomic E-state index is 11.0. The molecule has 84 valence electrons. The topological polar surface area (TPSA) is 42.0 Å². The monoisotopic (exact) mass is 208 g/mol. The number of carbonyl (C=O) groups excluding carboxylic acids is 1. The quantitative estimate of drug-likeness (QED) is 0.771. The normalized spacial score (nSPS) is 13.0.